The van der Waals surface area contributed by atoms with Crippen LogP contribution in [0.1, 0.15) is 40.6 Å². The molecule has 182 valence electrons. The van der Waals surface area contributed by atoms with Gasteiger partial charge in [-0.3, -0.25) is 19.3 Å². The Kier molecular flexibility index (Phi) is 7.95. The van der Waals surface area contributed by atoms with Crippen LogP contribution < -0.4 is 15.5 Å². The van der Waals surface area contributed by atoms with E-state index < -0.39 is 17.9 Å². The largest absolute Gasteiger partial charge is 0.459 e. The normalized spacial score (nSPS) is 15.9. The number of hydrogen-bond donors (Lipinski definition) is 2. The molecule has 3 amide bonds. The van der Waals surface area contributed by atoms with E-state index in [0.29, 0.717) is 24.4 Å². The van der Waals surface area contributed by atoms with Gasteiger partial charge in [-0.2, -0.15) is 0 Å². The van der Waals surface area contributed by atoms with E-state index >= 15 is 0 Å². The summed E-state index contributed by atoms with van der Waals surface area (Å²) in [6, 6.07) is 18.7. The third-order valence-corrected chi connectivity index (χ3v) is 5.84. The number of nitrogens with one attached hydrogen (secondary N) is 2. The molecule has 2 heterocycles. The van der Waals surface area contributed by atoms with Gasteiger partial charge in [-0.1, -0.05) is 42.5 Å². The third kappa shape index (κ3) is 6.16. The van der Waals surface area contributed by atoms with Crippen molar-refractivity contribution in [2.24, 2.45) is 0 Å². The quantitative estimate of drug-likeness (QED) is 0.494. The molecular weight excluding hydrogens is 446 g/mol. The molecule has 0 bridgehead atoms. The first-order valence-corrected chi connectivity index (χ1v) is 11.7. The number of aryl methyl sites for hydroxylation is 1. The molecule has 1 saturated heterocycles. The van der Waals surface area contributed by atoms with Crippen LogP contribution in [0.3, 0.4) is 0 Å². The maximum Gasteiger partial charge on any atom is 0.287 e. The van der Waals surface area contributed by atoms with Crippen molar-refractivity contribution in [2.75, 3.05) is 24.6 Å². The van der Waals surface area contributed by atoms with Crippen LogP contribution in [0, 0.1) is 6.92 Å². The highest BCUT2D eigenvalue weighted by atomic mass is 16.5. The van der Waals surface area contributed by atoms with E-state index in [2.05, 4.69) is 10.6 Å². The molecule has 0 saturated carbocycles. The van der Waals surface area contributed by atoms with Crippen LogP contribution in [0.15, 0.2) is 77.4 Å². The maximum atomic E-state index is 13.6. The second-order valence-corrected chi connectivity index (χ2v) is 8.46. The second-order valence-electron chi connectivity index (χ2n) is 8.46. The van der Waals surface area contributed by atoms with E-state index in [9.17, 15) is 14.4 Å². The molecule has 0 unspecified atom stereocenters. The van der Waals surface area contributed by atoms with E-state index in [1.165, 1.54) is 17.2 Å². The Morgan fingerprint density at radius 3 is 2.54 bits per heavy atom. The summed E-state index contributed by atoms with van der Waals surface area (Å²) in [6.45, 7) is 2.66. The van der Waals surface area contributed by atoms with Crippen LogP contribution in [0.5, 0.6) is 0 Å². The zero-order valence-corrected chi connectivity index (χ0v) is 19.6. The highest BCUT2D eigenvalue weighted by Crippen LogP contribution is 2.29. The molecule has 1 aromatic heterocycles. The lowest BCUT2D eigenvalue weighted by Gasteiger charge is -2.32. The SMILES string of the molecule is Cc1cccc(N(C(=O)CNC(=O)c2ccco2)[C@H](C(=O)NC[C@H]2CCCO2)c2ccccc2)c1. The van der Waals surface area contributed by atoms with E-state index in [1.807, 2.05) is 55.5 Å². The van der Waals surface area contributed by atoms with Crippen molar-refractivity contribution >= 4 is 23.4 Å². The van der Waals surface area contributed by atoms with Gasteiger partial charge in [-0.05, 0) is 55.2 Å². The van der Waals surface area contributed by atoms with Gasteiger partial charge in [-0.15, -0.1) is 0 Å². The van der Waals surface area contributed by atoms with Crippen molar-refractivity contribution in [3.05, 3.63) is 89.9 Å². The van der Waals surface area contributed by atoms with Gasteiger partial charge in [-0.25, -0.2) is 0 Å². The fourth-order valence-electron chi connectivity index (χ4n) is 4.12. The fourth-order valence-corrected chi connectivity index (χ4v) is 4.12. The lowest BCUT2D eigenvalue weighted by molar-refractivity contribution is -0.126. The molecule has 1 aliphatic heterocycles. The monoisotopic (exact) mass is 475 g/mol. The molecular formula is C27H29N3O5. The van der Waals surface area contributed by atoms with Gasteiger partial charge in [0, 0.05) is 18.8 Å². The fraction of sp³-hybridized carbons (Fsp3) is 0.296. The first-order chi connectivity index (χ1) is 17.0. The van der Waals surface area contributed by atoms with Crippen LogP contribution in [0.2, 0.25) is 0 Å². The van der Waals surface area contributed by atoms with Crippen LogP contribution in [-0.4, -0.2) is 43.5 Å². The molecule has 35 heavy (non-hydrogen) atoms. The number of furan rings is 1. The average Bonchev–Trinajstić information content (AvgIpc) is 3.59. The third-order valence-electron chi connectivity index (χ3n) is 5.84. The minimum absolute atomic E-state index is 0.0360. The number of rotatable bonds is 9. The molecule has 2 aromatic carbocycles. The molecule has 8 nitrogen and oxygen atoms in total. The predicted molar refractivity (Wildman–Crippen MR) is 131 cm³/mol. The summed E-state index contributed by atoms with van der Waals surface area (Å²) < 4.78 is 10.8. The van der Waals surface area contributed by atoms with Gasteiger partial charge >= 0.3 is 0 Å². The molecule has 1 aliphatic rings. The van der Waals surface area contributed by atoms with Gasteiger partial charge in [0.1, 0.15) is 6.04 Å². The Hall–Kier alpha value is -3.91. The number of carbonyl (C=O) groups excluding carboxylic acids is 3. The summed E-state index contributed by atoms with van der Waals surface area (Å²) in [5.74, 6) is -1.16. The van der Waals surface area contributed by atoms with Gasteiger partial charge < -0.3 is 19.8 Å². The first kappa shape index (κ1) is 24.2. The second kappa shape index (κ2) is 11.5. The molecule has 0 aliphatic carbocycles. The van der Waals surface area contributed by atoms with Crippen LogP contribution >= 0.6 is 0 Å². The molecule has 0 radical (unpaired) electrons. The Labute approximate surface area is 204 Å². The first-order valence-electron chi connectivity index (χ1n) is 11.7. The van der Waals surface area contributed by atoms with E-state index in [4.69, 9.17) is 9.15 Å². The Bertz CT molecular complexity index is 1140. The predicted octanol–water partition coefficient (Wildman–Crippen LogP) is 3.39. The molecule has 2 N–H and O–H groups in total. The van der Waals surface area contributed by atoms with Crippen LogP contribution in [0.25, 0.3) is 0 Å². The molecule has 4 rings (SSSR count). The van der Waals surface area contributed by atoms with Crippen molar-refractivity contribution in [2.45, 2.75) is 31.9 Å². The number of benzene rings is 2. The standard InChI is InChI=1S/C27H29N3O5/c1-19-8-5-11-21(16-19)30(24(31)18-29-26(32)23-13-7-15-35-23)25(20-9-3-2-4-10-20)27(33)28-17-22-12-6-14-34-22/h2-5,7-11,13,15-16,22,25H,6,12,14,17-18H2,1H3,(H,28,33)(H,29,32)/t22-,25+/m1/s1. The Morgan fingerprint density at radius 1 is 1.03 bits per heavy atom. The smallest absolute Gasteiger partial charge is 0.287 e. The number of carbonyl (C=O) groups is 3. The zero-order valence-electron chi connectivity index (χ0n) is 19.6. The minimum Gasteiger partial charge on any atom is -0.459 e. The summed E-state index contributed by atoms with van der Waals surface area (Å²) in [6.07, 6.45) is 3.20. The number of ether oxygens (including phenoxy) is 1. The topological polar surface area (TPSA) is 101 Å². The molecule has 1 fully saturated rings. The number of amides is 3. The van der Waals surface area contributed by atoms with Gasteiger partial charge in [0.15, 0.2) is 5.76 Å². The van der Waals surface area contributed by atoms with Crippen molar-refractivity contribution in [1.29, 1.82) is 0 Å². The maximum absolute atomic E-state index is 13.6. The van der Waals surface area contributed by atoms with Crippen molar-refractivity contribution < 1.29 is 23.5 Å². The Balaban J connectivity index is 1.63. The lowest BCUT2D eigenvalue weighted by atomic mass is 10.0. The summed E-state index contributed by atoms with van der Waals surface area (Å²) in [5.41, 5.74) is 2.15. The molecule has 3 aromatic rings. The molecule has 0 spiro atoms. The summed E-state index contributed by atoms with van der Waals surface area (Å²) in [7, 11) is 0. The highest BCUT2D eigenvalue weighted by Gasteiger charge is 2.33. The van der Waals surface area contributed by atoms with Gasteiger partial charge in [0.2, 0.25) is 11.8 Å². The van der Waals surface area contributed by atoms with E-state index in [0.717, 1.165) is 18.4 Å². The number of nitrogens with zero attached hydrogens (tertiary/aromatic N) is 1. The Morgan fingerprint density at radius 2 is 1.86 bits per heavy atom. The zero-order chi connectivity index (χ0) is 24.6. The van der Waals surface area contributed by atoms with Crippen molar-refractivity contribution in [1.82, 2.24) is 10.6 Å². The average molecular weight is 476 g/mol. The van der Waals surface area contributed by atoms with E-state index in [-0.39, 0.29) is 24.3 Å². The van der Waals surface area contributed by atoms with E-state index in [1.54, 1.807) is 12.1 Å². The molecule has 8 heteroatoms. The summed E-state index contributed by atoms with van der Waals surface area (Å²) in [5, 5.41) is 5.57. The van der Waals surface area contributed by atoms with Crippen LogP contribution in [0.4, 0.5) is 5.69 Å². The highest BCUT2D eigenvalue weighted by molar-refractivity contribution is 6.04. The van der Waals surface area contributed by atoms with Crippen molar-refractivity contribution in [3.63, 3.8) is 0 Å². The number of hydrogen-bond acceptors (Lipinski definition) is 5. The molecule has 2 atom stereocenters. The lowest BCUT2D eigenvalue weighted by Crippen LogP contribution is -2.48. The van der Waals surface area contributed by atoms with Crippen LogP contribution in [-0.2, 0) is 14.3 Å². The van der Waals surface area contributed by atoms with Gasteiger partial charge in [0.25, 0.3) is 5.91 Å². The number of anilines is 1. The summed E-state index contributed by atoms with van der Waals surface area (Å²) >= 11 is 0. The summed E-state index contributed by atoms with van der Waals surface area (Å²) in [4.78, 5) is 41.0. The van der Waals surface area contributed by atoms with Crippen molar-refractivity contribution in [3.8, 4) is 0 Å². The minimum atomic E-state index is -0.938. The van der Waals surface area contributed by atoms with Gasteiger partial charge in [0.05, 0.1) is 18.9 Å².